The summed E-state index contributed by atoms with van der Waals surface area (Å²) in [6.07, 6.45) is 2.23. The number of nitrogens with zero attached hydrogens (tertiary/aromatic N) is 1. The molecule has 0 heterocycles. The van der Waals surface area contributed by atoms with Gasteiger partial charge in [-0.05, 0) is 55.5 Å². The van der Waals surface area contributed by atoms with E-state index in [0.29, 0.717) is 25.1 Å². The molecule has 2 aromatic rings. The molecule has 0 bridgehead atoms. The van der Waals surface area contributed by atoms with Gasteiger partial charge in [0, 0.05) is 6.54 Å². The lowest BCUT2D eigenvalue weighted by molar-refractivity contribution is -0.122. The van der Waals surface area contributed by atoms with Crippen LogP contribution >= 0.6 is 0 Å². The maximum atomic E-state index is 12.8. The number of benzene rings is 2. The number of rotatable bonds is 8. The van der Waals surface area contributed by atoms with Gasteiger partial charge in [-0.25, -0.2) is 8.42 Å². The van der Waals surface area contributed by atoms with Gasteiger partial charge < -0.3 is 5.32 Å². The summed E-state index contributed by atoms with van der Waals surface area (Å²) in [7, 11) is -3.61. The average molecular weight is 389 g/mol. The molecule has 0 radical (unpaired) electrons. The molecule has 1 N–H and O–H groups in total. The Morgan fingerprint density at radius 1 is 1.07 bits per heavy atom. The highest BCUT2D eigenvalue weighted by molar-refractivity contribution is 7.92. The Morgan fingerprint density at radius 2 is 1.74 bits per heavy atom. The maximum Gasteiger partial charge on any atom is 0.243 e. The number of hydrogen-bond acceptors (Lipinski definition) is 3. The van der Waals surface area contributed by atoms with Crippen LogP contribution in [0, 0.1) is 13.8 Å². The van der Waals surface area contributed by atoms with E-state index >= 15 is 0 Å². The highest BCUT2D eigenvalue weighted by Gasteiger charge is 2.31. The zero-order valence-corrected chi connectivity index (χ0v) is 17.2. The number of amides is 1. The first-order valence-corrected chi connectivity index (χ1v) is 11.0. The Hall–Kier alpha value is -2.34. The van der Waals surface area contributed by atoms with E-state index in [-0.39, 0.29) is 5.91 Å². The van der Waals surface area contributed by atoms with E-state index < -0.39 is 16.1 Å². The van der Waals surface area contributed by atoms with Gasteiger partial charge in [0.1, 0.15) is 6.04 Å². The summed E-state index contributed by atoms with van der Waals surface area (Å²) in [5.74, 6) is -0.280. The van der Waals surface area contributed by atoms with Crippen molar-refractivity contribution in [3.63, 3.8) is 0 Å². The number of hydrogen-bond donors (Lipinski definition) is 1. The SMILES string of the molecule is CC[C@@H](C(=O)NCCc1ccccc1)N(c1ccc(C)c(C)c1)S(C)(=O)=O. The molecule has 0 saturated carbocycles. The molecule has 0 aliphatic heterocycles. The van der Waals surface area contributed by atoms with Crippen LogP contribution in [0.15, 0.2) is 48.5 Å². The molecular weight excluding hydrogens is 360 g/mol. The maximum absolute atomic E-state index is 12.8. The molecule has 5 nitrogen and oxygen atoms in total. The number of nitrogens with one attached hydrogen (secondary N) is 1. The van der Waals surface area contributed by atoms with Gasteiger partial charge >= 0.3 is 0 Å². The summed E-state index contributed by atoms with van der Waals surface area (Å²) >= 11 is 0. The number of anilines is 1. The van der Waals surface area contributed by atoms with Crippen LogP contribution in [0.4, 0.5) is 5.69 Å². The molecule has 0 saturated heterocycles. The standard InChI is InChI=1S/C21H28N2O3S/c1-5-20(21(24)22-14-13-18-9-7-6-8-10-18)23(27(4,25)26)19-12-11-16(2)17(3)15-19/h6-12,15,20H,5,13-14H2,1-4H3,(H,22,24)/t20-/m0/s1. The van der Waals surface area contributed by atoms with E-state index in [1.165, 1.54) is 4.31 Å². The Labute approximate surface area is 162 Å². The second-order valence-corrected chi connectivity index (χ2v) is 8.64. The van der Waals surface area contributed by atoms with Crippen molar-refractivity contribution >= 4 is 21.6 Å². The van der Waals surface area contributed by atoms with E-state index in [1.54, 1.807) is 6.07 Å². The van der Waals surface area contributed by atoms with Crippen molar-refractivity contribution in [3.05, 3.63) is 65.2 Å². The molecule has 2 rings (SSSR count). The number of aryl methyl sites for hydroxylation is 2. The minimum absolute atomic E-state index is 0.280. The zero-order chi connectivity index (χ0) is 20.0. The van der Waals surface area contributed by atoms with Crippen molar-refractivity contribution in [2.75, 3.05) is 17.1 Å². The summed E-state index contributed by atoms with van der Waals surface area (Å²) in [5, 5.41) is 2.89. The third-order valence-electron chi connectivity index (χ3n) is 4.63. The number of carbonyl (C=O) groups is 1. The van der Waals surface area contributed by atoms with Crippen LogP contribution in [0.2, 0.25) is 0 Å². The summed E-state index contributed by atoms with van der Waals surface area (Å²) in [6, 6.07) is 14.5. The van der Waals surface area contributed by atoms with Crippen LogP contribution in [0.5, 0.6) is 0 Å². The van der Waals surface area contributed by atoms with Crippen molar-refractivity contribution < 1.29 is 13.2 Å². The normalized spacial score (nSPS) is 12.4. The summed E-state index contributed by atoms with van der Waals surface area (Å²) in [6.45, 7) is 6.18. The van der Waals surface area contributed by atoms with Gasteiger partial charge in [0.2, 0.25) is 15.9 Å². The molecule has 0 fully saturated rings. The van der Waals surface area contributed by atoms with E-state index in [9.17, 15) is 13.2 Å². The monoisotopic (exact) mass is 388 g/mol. The van der Waals surface area contributed by atoms with E-state index in [2.05, 4.69) is 5.32 Å². The topological polar surface area (TPSA) is 66.5 Å². The van der Waals surface area contributed by atoms with Gasteiger partial charge in [0.25, 0.3) is 0 Å². The first-order chi connectivity index (χ1) is 12.7. The molecule has 146 valence electrons. The molecule has 1 amide bonds. The molecular formula is C21H28N2O3S. The minimum atomic E-state index is -3.61. The highest BCUT2D eigenvalue weighted by Crippen LogP contribution is 2.25. The Bertz CT molecular complexity index is 880. The van der Waals surface area contributed by atoms with Gasteiger partial charge in [0.05, 0.1) is 11.9 Å². The van der Waals surface area contributed by atoms with Gasteiger partial charge in [-0.15, -0.1) is 0 Å². The van der Waals surface area contributed by atoms with Crippen LogP contribution in [0.25, 0.3) is 0 Å². The fourth-order valence-corrected chi connectivity index (χ4v) is 4.22. The number of sulfonamides is 1. The molecule has 1 atom stereocenters. The summed E-state index contributed by atoms with van der Waals surface area (Å²) in [5.41, 5.74) is 3.71. The molecule has 0 aliphatic carbocycles. The fraction of sp³-hybridized carbons (Fsp3) is 0.381. The third kappa shape index (κ3) is 5.57. The van der Waals surface area contributed by atoms with Gasteiger partial charge in [-0.2, -0.15) is 0 Å². The average Bonchev–Trinajstić information content (AvgIpc) is 2.62. The lowest BCUT2D eigenvalue weighted by Gasteiger charge is -2.30. The van der Waals surface area contributed by atoms with Crippen LogP contribution in [0.3, 0.4) is 0 Å². The Balaban J connectivity index is 2.18. The van der Waals surface area contributed by atoms with Crippen LogP contribution in [-0.2, 0) is 21.2 Å². The first-order valence-electron chi connectivity index (χ1n) is 9.12. The van der Waals surface area contributed by atoms with Crippen molar-refractivity contribution in [1.29, 1.82) is 0 Å². The predicted molar refractivity (Wildman–Crippen MR) is 110 cm³/mol. The van der Waals surface area contributed by atoms with Crippen molar-refractivity contribution in [2.45, 2.75) is 39.7 Å². The largest absolute Gasteiger partial charge is 0.354 e. The smallest absolute Gasteiger partial charge is 0.243 e. The van der Waals surface area contributed by atoms with Gasteiger partial charge in [-0.1, -0.05) is 43.3 Å². The predicted octanol–water partition coefficient (Wildman–Crippen LogP) is 3.21. The molecule has 0 unspecified atom stereocenters. The highest BCUT2D eigenvalue weighted by atomic mass is 32.2. The molecule has 27 heavy (non-hydrogen) atoms. The number of carbonyl (C=O) groups excluding carboxylic acids is 1. The molecule has 6 heteroatoms. The third-order valence-corrected chi connectivity index (χ3v) is 5.81. The van der Waals surface area contributed by atoms with Crippen LogP contribution in [-0.4, -0.2) is 33.2 Å². The van der Waals surface area contributed by atoms with Crippen molar-refractivity contribution in [2.24, 2.45) is 0 Å². The molecule has 2 aromatic carbocycles. The van der Waals surface area contributed by atoms with Gasteiger partial charge in [0.15, 0.2) is 0 Å². The lowest BCUT2D eigenvalue weighted by Crippen LogP contribution is -2.49. The van der Waals surface area contributed by atoms with Gasteiger partial charge in [-0.3, -0.25) is 9.10 Å². The zero-order valence-electron chi connectivity index (χ0n) is 16.4. The van der Waals surface area contributed by atoms with E-state index in [1.807, 2.05) is 63.2 Å². The summed E-state index contributed by atoms with van der Waals surface area (Å²) in [4.78, 5) is 12.8. The minimum Gasteiger partial charge on any atom is -0.354 e. The van der Waals surface area contributed by atoms with Crippen LogP contribution < -0.4 is 9.62 Å². The molecule has 0 spiro atoms. The quantitative estimate of drug-likeness (QED) is 0.755. The molecule has 0 aromatic heterocycles. The summed E-state index contributed by atoms with van der Waals surface area (Å²) < 4.78 is 26.2. The first kappa shape index (κ1) is 21.0. The van der Waals surface area contributed by atoms with E-state index in [0.717, 1.165) is 22.9 Å². The van der Waals surface area contributed by atoms with E-state index in [4.69, 9.17) is 0 Å². The lowest BCUT2D eigenvalue weighted by atomic mass is 10.1. The van der Waals surface area contributed by atoms with Crippen molar-refractivity contribution in [3.8, 4) is 0 Å². The fourth-order valence-electron chi connectivity index (χ4n) is 3.02. The Kier molecular flexibility index (Phi) is 7.02. The van der Waals surface area contributed by atoms with Crippen molar-refractivity contribution in [1.82, 2.24) is 5.32 Å². The second-order valence-electron chi connectivity index (χ2n) is 6.78. The Morgan fingerprint density at radius 3 is 2.30 bits per heavy atom. The van der Waals surface area contributed by atoms with Crippen LogP contribution in [0.1, 0.15) is 30.0 Å². The second kappa shape index (κ2) is 9.04. The molecule has 0 aliphatic rings.